The van der Waals surface area contributed by atoms with E-state index in [1.165, 1.54) is 57.8 Å². The van der Waals surface area contributed by atoms with Crippen LogP contribution in [-0.2, 0) is 0 Å². The van der Waals surface area contributed by atoms with Crippen LogP contribution in [0.15, 0.2) is 0 Å². The molecule has 138 valence electrons. The third kappa shape index (κ3) is 5.46. The third-order valence-electron chi connectivity index (χ3n) is 7.26. The quantitative estimate of drug-likeness (QED) is 0.532. The predicted molar refractivity (Wildman–Crippen MR) is 99.3 cm³/mol. The van der Waals surface area contributed by atoms with Crippen molar-refractivity contribution in [3.05, 3.63) is 0 Å². The molecule has 0 heterocycles. The van der Waals surface area contributed by atoms with Crippen molar-refractivity contribution in [2.45, 2.75) is 117 Å². The maximum Gasteiger partial charge on any atom is 0.168 e. The normalized spacial score (nSPS) is 30.7. The highest BCUT2D eigenvalue weighted by Gasteiger charge is 2.52. The largest absolute Gasteiger partial charge is 0.365 e. The van der Waals surface area contributed by atoms with Gasteiger partial charge in [0.2, 0.25) is 0 Å². The number of hydrogen-bond acceptors (Lipinski definition) is 2. The Labute approximate surface area is 145 Å². The van der Waals surface area contributed by atoms with Crippen LogP contribution < -0.4 is 0 Å². The molecule has 0 amide bonds. The van der Waals surface area contributed by atoms with Crippen LogP contribution in [0.5, 0.6) is 0 Å². The van der Waals surface area contributed by atoms with E-state index in [0.717, 1.165) is 12.8 Å². The minimum Gasteiger partial charge on any atom is -0.365 e. The van der Waals surface area contributed by atoms with E-state index in [-0.39, 0.29) is 5.41 Å². The molecule has 1 aliphatic carbocycles. The summed E-state index contributed by atoms with van der Waals surface area (Å²) in [5, 5.41) is 21.6. The fourth-order valence-electron chi connectivity index (χ4n) is 4.04. The molecule has 0 aromatic rings. The first kappa shape index (κ1) is 21.0. The second-order valence-corrected chi connectivity index (χ2v) is 9.14. The van der Waals surface area contributed by atoms with Gasteiger partial charge < -0.3 is 10.2 Å². The Morgan fingerprint density at radius 3 is 1.52 bits per heavy atom. The standard InChI is InChI=1S/C21H42O2/c1-18-16-14-12-10-8-6-7-9-11-13-15-17-21(22,23)20(4,5)19(18,2)3/h18,22-23H,6-17H2,1-5H3. The molecule has 1 aliphatic rings. The van der Waals surface area contributed by atoms with Gasteiger partial charge in [-0.1, -0.05) is 98.8 Å². The van der Waals surface area contributed by atoms with E-state index in [1.807, 2.05) is 13.8 Å². The summed E-state index contributed by atoms with van der Waals surface area (Å²) in [6, 6.07) is 0. The molecule has 0 bridgehead atoms. The van der Waals surface area contributed by atoms with E-state index in [4.69, 9.17) is 0 Å². The summed E-state index contributed by atoms with van der Waals surface area (Å²) < 4.78 is 0. The van der Waals surface area contributed by atoms with Crippen LogP contribution in [0, 0.1) is 16.7 Å². The number of hydrogen-bond donors (Lipinski definition) is 2. The van der Waals surface area contributed by atoms with E-state index in [9.17, 15) is 10.2 Å². The summed E-state index contributed by atoms with van der Waals surface area (Å²) in [6.45, 7) is 10.8. The first-order chi connectivity index (χ1) is 10.6. The molecule has 1 fully saturated rings. The number of rotatable bonds is 0. The molecule has 1 unspecified atom stereocenters. The third-order valence-corrected chi connectivity index (χ3v) is 7.26. The summed E-state index contributed by atoms with van der Waals surface area (Å²) in [7, 11) is 0. The molecule has 0 aliphatic heterocycles. The highest BCUT2D eigenvalue weighted by Crippen LogP contribution is 2.52. The first-order valence-electron chi connectivity index (χ1n) is 10.1. The summed E-state index contributed by atoms with van der Waals surface area (Å²) >= 11 is 0. The molecule has 0 radical (unpaired) electrons. The van der Waals surface area contributed by atoms with Crippen molar-refractivity contribution >= 4 is 0 Å². The Balaban J connectivity index is 2.81. The second-order valence-electron chi connectivity index (χ2n) is 9.14. The Bertz CT molecular complexity index is 331. The van der Waals surface area contributed by atoms with Crippen LogP contribution >= 0.6 is 0 Å². The average Bonchev–Trinajstić information content (AvgIpc) is 2.46. The highest BCUT2D eigenvalue weighted by atomic mass is 16.5. The van der Waals surface area contributed by atoms with Gasteiger partial charge in [0.05, 0.1) is 0 Å². The van der Waals surface area contributed by atoms with E-state index in [2.05, 4.69) is 20.8 Å². The van der Waals surface area contributed by atoms with Gasteiger partial charge in [-0.25, -0.2) is 0 Å². The Kier molecular flexibility index (Phi) is 8.07. The van der Waals surface area contributed by atoms with Gasteiger partial charge in [-0.2, -0.15) is 0 Å². The van der Waals surface area contributed by atoms with Crippen molar-refractivity contribution in [1.82, 2.24) is 0 Å². The molecule has 1 rings (SSSR count). The van der Waals surface area contributed by atoms with Gasteiger partial charge in [0.15, 0.2) is 5.79 Å². The fraction of sp³-hybridized carbons (Fsp3) is 1.00. The van der Waals surface area contributed by atoms with Gasteiger partial charge in [0.25, 0.3) is 0 Å². The second kappa shape index (κ2) is 8.85. The Hall–Kier alpha value is -0.0800. The number of aliphatic hydroxyl groups is 2. The van der Waals surface area contributed by atoms with Crippen molar-refractivity contribution < 1.29 is 10.2 Å². The molecule has 1 saturated carbocycles. The minimum atomic E-state index is -1.58. The zero-order valence-corrected chi connectivity index (χ0v) is 16.5. The zero-order valence-electron chi connectivity index (χ0n) is 16.5. The molecular formula is C21H42O2. The highest BCUT2D eigenvalue weighted by molar-refractivity contribution is 4.97. The van der Waals surface area contributed by atoms with Gasteiger partial charge in [-0.3, -0.25) is 0 Å². The molecule has 2 nitrogen and oxygen atoms in total. The predicted octanol–water partition coefficient (Wildman–Crippen LogP) is 6.05. The lowest BCUT2D eigenvalue weighted by atomic mass is 9.56. The van der Waals surface area contributed by atoms with Gasteiger partial charge in [-0.15, -0.1) is 0 Å². The molecule has 0 saturated heterocycles. The van der Waals surface area contributed by atoms with E-state index in [1.54, 1.807) is 0 Å². The average molecular weight is 327 g/mol. The summed E-state index contributed by atoms with van der Waals surface area (Å²) in [6.07, 6.45) is 14.3. The van der Waals surface area contributed by atoms with Gasteiger partial charge >= 0.3 is 0 Å². The van der Waals surface area contributed by atoms with Crippen molar-refractivity contribution in [2.75, 3.05) is 0 Å². The monoisotopic (exact) mass is 326 g/mol. The van der Waals surface area contributed by atoms with E-state index in [0.29, 0.717) is 12.3 Å². The van der Waals surface area contributed by atoms with Gasteiger partial charge in [0.1, 0.15) is 0 Å². The van der Waals surface area contributed by atoms with Crippen molar-refractivity contribution in [1.29, 1.82) is 0 Å². The van der Waals surface area contributed by atoms with Crippen molar-refractivity contribution in [2.24, 2.45) is 16.7 Å². The van der Waals surface area contributed by atoms with Crippen LogP contribution in [0.3, 0.4) is 0 Å². The van der Waals surface area contributed by atoms with E-state index >= 15 is 0 Å². The lowest BCUT2D eigenvalue weighted by molar-refractivity contribution is -0.275. The van der Waals surface area contributed by atoms with Gasteiger partial charge in [0, 0.05) is 11.8 Å². The molecule has 2 N–H and O–H groups in total. The Morgan fingerprint density at radius 1 is 0.652 bits per heavy atom. The van der Waals surface area contributed by atoms with Crippen LogP contribution in [0.1, 0.15) is 112 Å². The molecule has 1 atom stereocenters. The van der Waals surface area contributed by atoms with Gasteiger partial charge in [-0.05, 0) is 17.8 Å². The molecule has 0 aromatic carbocycles. The van der Waals surface area contributed by atoms with Crippen LogP contribution in [0.2, 0.25) is 0 Å². The molecule has 23 heavy (non-hydrogen) atoms. The SMILES string of the molecule is CC1CCCCCCCCCCCCC(O)(O)C(C)(C)C1(C)C. The Morgan fingerprint density at radius 2 is 1.04 bits per heavy atom. The zero-order chi connectivity index (χ0) is 17.6. The molecule has 0 aromatic heterocycles. The van der Waals surface area contributed by atoms with Crippen LogP contribution in [-0.4, -0.2) is 16.0 Å². The summed E-state index contributed by atoms with van der Waals surface area (Å²) in [5.41, 5.74) is -0.621. The summed E-state index contributed by atoms with van der Waals surface area (Å²) in [4.78, 5) is 0. The van der Waals surface area contributed by atoms with Crippen LogP contribution in [0.4, 0.5) is 0 Å². The fourth-order valence-corrected chi connectivity index (χ4v) is 4.04. The lowest BCUT2D eigenvalue weighted by Crippen LogP contribution is -2.55. The molecule has 2 heteroatoms. The topological polar surface area (TPSA) is 40.5 Å². The smallest absolute Gasteiger partial charge is 0.168 e. The minimum absolute atomic E-state index is 0.104. The summed E-state index contributed by atoms with van der Waals surface area (Å²) in [5.74, 6) is -1.09. The first-order valence-corrected chi connectivity index (χ1v) is 10.1. The van der Waals surface area contributed by atoms with E-state index < -0.39 is 11.2 Å². The lowest BCUT2D eigenvalue weighted by Gasteiger charge is -2.52. The maximum absolute atomic E-state index is 10.8. The van der Waals surface area contributed by atoms with Crippen molar-refractivity contribution in [3.63, 3.8) is 0 Å². The molecule has 0 spiro atoms. The van der Waals surface area contributed by atoms with Crippen LogP contribution in [0.25, 0.3) is 0 Å². The maximum atomic E-state index is 10.8. The van der Waals surface area contributed by atoms with Crippen molar-refractivity contribution in [3.8, 4) is 0 Å². The molecular weight excluding hydrogens is 284 g/mol.